The lowest BCUT2D eigenvalue weighted by Crippen LogP contribution is -2.55. The van der Waals surface area contributed by atoms with E-state index in [4.69, 9.17) is 9.47 Å². The van der Waals surface area contributed by atoms with Crippen LogP contribution in [0.5, 0.6) is 5.75 Å². The SMILES string of the molecule is C=C1C=C2/C(=c3\cccc(OCCC)c3=C(C)CC)N(C)CC(C(C)(C)C)N2C=C1C(=C)OCC.CC. The Hall–Kier alpha value is -2.88. The van der Waals surface area contributed by atoms with Crippen LogP contribution in [0.15, 0.2) is 66.2 Å². The molecule has 1 unspecified atom stereocenters. The standard InChI is InChI=1S/C31H44N2O2.C2H6/c1-11-17-35-27-16-14-15-24(29(27)21(4)12-2)30-26-18-22(5)25(23(6)34-13-3)19-33(26)28(20-32(30)10)31(7,8)9;1-2/h14-16,18-19,28H,5-6,11-13,17,20H2,1-4,7-10H3;1-2H3/b29-21?,30-24-;. The van der Waals surface area contributed by atoms with Crippen LogP contribution in [-0.2, 0) is 4.74 Å². The minimum Gasteiger partial charge on any atom is -0.494 e. The van der Waals surface area contributed by atoms with Gasteiger partial charge in [-0.05, 0) is 49.8 Å². The van der Waals surface area contributed by atoms with Crippen molar-refractivity contribution >= 4 is 11.3 Å². The highest BCUT2D eigenvalue weighted by Gasteiger charge is 2.40. The maximum absolute atomic E-state index is 6.24. The highest BCUT2D eigenvalue weighted by atomic mass is 16.5. The molecule has 0 spiro atoms. The quantitative estimate of drug-likeness (QED) is 0.382. The summed E-state index contributed by atoms with van der Waals surface area (Å²) in [6, 6.07) is 6.73. The number of rotatable bonds is 7. The largest absolute Gasteiger partial charge is 0.494 e. The lowest BCUT2D eigenvalue weighted by atomic mass is 9.82. The first-order valence-corrected chi connectivity index (χ1v) is 14.0. The Balaban J connectivity index is 0.00000235. The molecule has 0 N–H and O–H groups in total. The Morgan fingerprint density at radius 3 is 2.38 bits per heavy atom. The van der Waals surface area contributed by atoms with Crippen LogP contribution < -0.4 is 15.2 Å². The number of likely N-dealkylation sites (N-methyl/N-ethyl adjacent to an activating group) is 1. The molecule has 0 aliphatic carbocycles. The molecular weight excluding hydrogens is 456 g/mol. The van der Waals surface area contributed by atoms with Crippen molar-refractivity contribution in [1.29, 1.82) is 0 Å². The summed E-state index contributed by atoms with van der Waals surface area (Å²) in [5.41, 5.74) is 5.64. The Kier molecular flexibility index (Phi) is 10.7. The number of allylic oxidation sites excluding steroid dienone is 2. The van der Waals surface area contributed by atoms with Crippen molar-refractivity contribution in [2.75, 3.05) is 26.8 Å². The van der Waals surface area contributed by atoms with Gasteiger partial charge in [-0.2, -0.15) is 0 Å². The van der Waals surface area contributed by atoms with Gasteiger partial charge in [0.05, 0.1) is 30.6 Å². The number of benzene rings is 1. The molecular formula is C33H50N2O2. The zero-order valence-electron chi connectivity index (χ0n) is 25.1. The van der Waals surface area contributed by atoms with Gasteiger partial charge in [-0.1, -0.05) is 79.3 Å². The third kappa shape index (κ3) is 6.52. The molecule has 1 aromatic carbocycles. The average Bonchev–Trinajstić information content (AvgIpc) is 2.86. The van der Waals surface area contributed by atoms with Crippen LogP contribution in [0.25, 0.3) is 11.3 Å². The third-order valence-corrected chi connectivity index (χ3v) is 6.93. The van der Waals surface area contributed by atoms with E-state index >= 15 is 0 Å². The normalized spacial score (nSPS) is 19.7. The van der Waals surface area contributed by atoms with Gasteiger partial charge in [-0.15, -0.1) is 0 Å². The highest BCUT2D eigenvalue weighted by molar-refractivity contribution is 5.70. The monoisotopic (exact) mass is 506 g/mol. The summed E-state index contributed by atoms with van der Waals surface area (Å²) >= 11 is 0. The van der Waals surface area contributed by atoms with Crippen LogP contribution in [0, 0.1) is 5.41 Å². The van der Waals surface area contributed by atoms with Gasteiger partial charge in [-0.25, -0.2) is 0 Å². The van der Waals surface area contributed by atoms with Crippen LogP contribution in [0.2, 0.25) is 0 Å². The molecule has 4 heteroatoms. The van der Waals surface area contributed by atoms with Gasteiger partial charge in [-0.3, -0.25) is 0 Å². The topological polar surface area (TPSA) is 24.9 Å². The third-order valence-electron chi connectivity index (χ3n) is 6.93. The fourth-order valence-corrected chi connectivity index (χ4v) is 4.91. The molecule has 0 amide bonds. The summed E-state index contributed by atoms with van der Waals surface area (Å²) in [5.74, 6) is 1.64. The van der Waals surface area contributed by atoms with Crippen LogP contribution >= 0.6 is 0 Å². The fraction of sp³-hybridized carbons (Fsp3) is 0.515. The van der Waals surface area contributed by atoms with Gasteiger partial charge >= 0.3 is 0 Å². The van der Waals surface area contributed by atoms with E-state index in [1.807, 2.05) is 20.8 Å². The van der Waals surface area contributed by atoms with Crippen molar-refractivity contribution in [2.45, 2.75) is 81.2 Å². The van der Waals surface area contributed by atoms with Crippen LogP contribution in [0.3, 0.4) is 0 Å². The first-order valence-electron chi connectivity index (χ1n) is 14.0. The first-order chi connectivity index (χ1) is 17.5. The zero-order chi connectivity index (χ0) is 27.9. The number of hydrogen-bond donors (Lipinski definition) is 0. The number of hydrogen-bond acceptors (Lipinski definition) is 4. The van der Waals surface area contributed by atoms with Crippen molar-refractivity contribution < 1.29 is 9.47 Å². The van der Waals surface area contributed by atoms with E-state index in [0.29, 0.717) is 19.0 Å². The molecule has 4 nitrogen and oxygen atoms in total. The van der Waals surface area contributed by atoms with Gasteiger partial charge < -0.3 is 19.3 Å². The second kappa shape index (κ2) is 13.1. The Morgan fingerprint density at radius 2 is 1.81 bits per heavy atom. The van der Waals surface area contributed by atoms with Crippen LogP contribution in [0.1, 0.15) is 75.2 Å². The predicted octanol–water partition coefficient (Wildman–Crippen LogP) is 6.74. The number of ether oxygens (including phenoxy) is 2. The van der Waals surface area contributed by atoms with Crippen molar-refractivity contribution in [2.24, 2.45) is 5.41 Å². The van der Waals surface area contributed by atoms with E-state index in [2.05, 4.69) is 102 Å². The predicted molar refractivity (Wildman–Crippen MR) is 159 cm³/mol. The van der Waals surface area contributed by atoms with E-state index in [-0.39, 0.29) is 11.5 Å². The van der Waals surface area contributed by atoms with Crippen molar-refractivity contribution in [3.63, 3.8) is 0 Å². The number of fused-ring (bicyclic) bond motifs is 1. The van der Waals surface area contributed by atoms with Crippen LogP contribution in [-0.4, -0.2) is 42.6 Å². The minimum absolute atomic E-state index is 0.0620. The molecule has 0 radical (unpaired) electrons. The van der Waals surface area contributed by atoms with Crippen LogP contribution in [0.4, 0.5) is 0 Å². The molecule has 0 saturated carbocycles. The van der Waals surface area contributed by atoms with Gasteiger partial charge in [0.1, 0.15) is 11.5 Å². The average molecular weight is 507 g/mol. The molecule has 0 bridgehead atoms. The van der Waals surface area contributed by atoms with E-state index in [9.17, 15) is 0 Å². The summed E-state index contributed by atoms with van der Waals surface area (Å²) in [7, 11) is 2.21. The van der Waals surface area contributed by atoms with Gasteiger partial charge in [0.15, 0.2) is 0 Å². The minimum atomic E-state index is 0.0620. The molecule has 2 aliphatic heterocycles. The molecule has 2 heterocycles. The van der Waals surface area contributed by atoms with Crippen molar-refractivity contribution in [3.8, 4) is 5.75 Å². The zero-order valence-corrected chi connectivity index (χ0v) is 25.1. The molecule has 2 aliphatic rings. The van der Waals surface area contributed by atoms with E-state index in [1.165, 1.54) is 21.7 Å². The molecule has 37 heavy (non-hydrogen) atoms. The summed E-state index contributed by atoms with van der Waals surface area (Å²) < 4.78 is 12.0. The Bertz CT molecular complexity index is 1160. The smallest absolute Gasteiger partial charge is 0.127 e. The molecule has 1 atom stereocenters. The first kappa shape index (κ1) is 30.3. The maximum Gasteiger partial charge on any atom is 0.127 e. The molecule has 204 valence electrons. The Labute approximate surface area is 226 Å². The Morgan fingerprint density at radius 1 is 1.14 bits per heavy atom. The van der Waals surface area contributed by atoms with E-state index in [0.717, 1.165) is 42.0 Å². The van der Waals surface area contributed by atoms with Gasteiger partial charge in [0, 0.05) is 35.8 Å². The number of piperazine rings is 1. The summed E-state index contributed by atoms with van der Waals surface area (Å²) in [4.78, 5) is 4.83. The van der Waals surface area contributed by atoms with Crippen molar-refractivity contribution in [3.05, 3.63) is 76.7 Å². The second-order valence-corrected chi connectivity index (χ2v) is 10.6. The summed E-state index contributed by atoms with van der Waals surface area (Å²) in [6.07, 6.45) is 6.35. The van der Waals surface area contributed by atoms with E-state index < -0.39 is 0 Å². The van der Waals surface area contributed by atoms with Gasteiger partial charge in [0.25, 0.3) is 0 Å². The summed E-state index contributed by atoms with van der Waals surface area (Å²) in [5, 5.41) is 2.41. The second-order valence-electron chi connectivity index (χ2n) is 10.6. The fourth-order valence-electron chi connectivity index (χ4n) is 4.91. The van der Waals surface area contributed by atoms with Gasteiger partial charge in [0.2, 0.25) is 0 Å². The van der Waals surface area contributed by atoms with Crippen molar-refractivity contribution in [1.82, 2.24) is 9.80 Å². The molecule has 1 fully saturated rings. The lowest BCUT2D eigenvalue weighted by Gasteiger charge is -2.50. The maximum atomic E-state index is 6.24. The van der Waals surface area contributed by atoms with E-state index in [1.54, 1.807) is 0 Å². The highest BCUT2D eigenvalue weighted by Crippen LogP contribution is 2.41. The lowest BCUT2D eigenvalue weighted by molar-refractivity contribution is 0.128. The molecule has 3 rings (SSSR count). The molecule has 0 aromatic heterocycles. The summed E-state index contributed by atoms with van der Waals surface area (Å²) in [6.45, 7) is 30.2. The number of nitrogens with zero attached hydrogens (tertiary/aromatic N) is 2. The molecule has 1 aromatic rings. The molecule has 1 saturated heterocycles.